The maximum atomic E-state index is 11.2. The summed E-state index contributed by atoms with van der Waals surface area (Å²) < 4.78 is 26.4. The Bertz CT molecular complexity index is 51.3. The molecule has 0 fully saturated rings. The van der Waals surface area contributed by atoms with Gasteiger partial charge in [-0.2, -0.15) is 8.39 Å². The quantitative estimate of drug-likeness (QED) is 0.433. The van der Waals surface area contributed by atoms with E-state index in [1.807, 2.05) is 6.92 Å². The molecule has 0 aromatic heterocycles. The van der Waals surface area contributed by atoms with Crippen LogP contribution in [-0.4, -0.2) is 6.61 Å². The fourth-order valence-electron chi connectivity index (χ4n) is 0.278. The van der Waals surface area contributed by atoms with Crippen molar-refractivity contribution in [2.45, 2.75) is 19.8 Å². The molecule has 50 valence electrons. The Balaban J connectivity index is 2.72. The average molecular weight is 142 g/mol. The zero-order valence-corrected chi connectivity index (χ0v) is 5.63. The smallest absolute Gasteiger partial charge is 0.306 e. The number of halogens is 2. The molecule has 0 rings (SSSR count). The molecule has 0 N–H and O–H groups in total. The van der Waals surface area contributed by atoms with Crippen LogP contribution in [0, 0.1) is 0 Å². The summed E-state index contributed by atoms with van der Waals surface area (Å²) in [7, 11) is -3.11. The molecule has 0 bridgehead atoms. The van der Waals surface area contributed by atoms with E-state index >= 15 is 0 Å². The fraction of sp³-hybridized carbons (Fsp3) is 1.00. The van der Waals surface area contributed by atoms with Crippen LogP contribution < -0.4 is 0 Å². The van der Waals surface area contributed by atoms with Gasteiger partial charge in [0.05, 0.1) is 6.61 Å². The van der Waals surface area contributed by atoms with Crippen LogP contribution in [0.1, 0.15) is 19.8 Å². The third kappa shape index (κ3) is 6.25. The van der Waals surface area contributed by atoms with Crippen LogP contribution in [0.2, 0.25) is 0 Å². The van der Waals surface area contributed by atoms with Crippen molar-refractivity contribution in [2.75, 3.05) is 6.61 Å². The van der Waals surface area contributed by atoms with Crippen molar-refractivity contribution in [3.8, 4) is 0 Å². The molecule has 0 aliphatic heterocycles. The van der Waals surface area contributed by atoms with Gasteiger partial charge in [0.2, 0.25) is 0 Å². The molecule has 0 saturated heterocycles. The molecule has 0 unspecified atom stereocenters. The highest BCUT2D eigenvalue weighted by molar-refractivity contribution is 7.40. The minimum Gasteiger partial charge on any atom is -0.306 e. The van der Waals surface area contributed by atoms with Crippen molar-refractivity contribution in [2.24, 2.45) is 0 Å². The van der Waals surface area contributed by atoms with E-state index in [1.54, 1.807) is 0 Å². The molecule has 0 heterocycles. The molecule has 0 radical (unpaired) electrons. The molecule has 0 saturated carbocycles. The van der Waals surface area contributed by atoms with E-state index in [4.69, 9.17) is 0 Å². The van der Waals surface area contributed by atoms with Crippen LogP contribution in [0.15, 0.2) is 0 Å². The summed E-state index contributed by atoms with van der Waals surface area (Å²) >= 11 is 0. The topological polar surface area (TPSA) is 9.23 Å². The van der Waals surface area contributed by atoms with Crippen LogP contribution in [-0.2, 0) is 4.52 Å². The van der Waals surface area contributed by atoms with Gasteiger partial charge < -0.3 is 4.52 Å². The van der Waals surface area contributed by atoms with Crippen molar-refractivity contribution in [1.82, 2.24) is 0 Å². The van der Waals surface area contributed by atoms with Crippen LogP contribution in [0.25, 0.3) is 0 Å². The highest BCUT2D eigenvalue weighted by Gasteiger charge is 2.01. The molecule has 1 nitrogen and oxygen atoms in total. The molecule has 8 heavy (non-hydrogen) atoms. The van der Waals surface area contributed by atoms with Gasteiger partial charge in [-0.1, -0.05) is 13.3 Å². The first-order valence-corrected chi connectivity index (χ1v) is 3.56. The van der Waals surface area contributed by atoms with E-state index < -0.39 is 8.77 Å². The van der Waals surface area contributed by atoms with E-state index in [2.05, 4.69) is 4.52 Å². The minimum absolute atomic E-state index is 0.204. The predicted octanol–water partition coefficient (Wildman–Crippen LogP) is 2.97. The van der Waals surface area contributed by atoms with Crippen LogP contribution in [0.5, 0.6) is 0 Å². The van der Waals surface area contributed by atoms with Gasteiger partial charge in [0.15, 0.2) is 0 Å². The Morgan fingerprint density at radius 1 is 1.50 bits per heavy atom. The summed E-state index contributed by atoms with van der Waals surface area (Å²) in [5.41, 5.74) is 0. The highest BCUT2D eigenvalue weighted by Crippen LogP contribution is 2.39. The van der Waals surface area contributed by atoms with Crippen LogP contribution >= 0.6 is 8.77 Å². The van der Waals surface area contributed by atoms with E-state index in [0.29, 0.717) is 0 Å². The lowest BCUT2D eigenvalue weighted by Crippen LogP contribution is -1.82. The van der Waals surface area contributed by atoms with Gasteiger partial charge in [0.25, 0.3) is 0 Å². The summed E-state index contributed by atoms with van der Waals surface area (Å²) in [6, 6.07) is 0. The zero-order valence-electron chi connectivity index (χ0n) is 4.73. The molecular formula is C4H9F2OP. The summed E-state index contributed by atoms with van der Waals surface area (Å²) in [4.78, 5) is 0. The maximum absolute atomic E-state index is 11.2. The van der Waals surface area contributed by atoms with Gasteiger partial charge in [-0.05, 0) is 6.42 Å². The second-order valence-corrected chi connectivity index (χ2v) is 2.05. The van der Waals surface area contributed by atoms with Crippen molar-refractivity contribution >= 4 is 8.77 Å². The summed E-state index contributed by atoms with van der Waals surface area (Å²) in [5, 5.41) is 0. The van der Waals surface area contributed by atoms with Gasteiger partial charge in [0.1, 0.15) is 0 Å². The third-order valence-corrected chi connectivity index (χ3v) is 1.06. The monoisotopic (exact) mass is 142 g/mol. The lowest BCUT2D eigenvalue weighted by Gasteiger charge is -1.95. The van der Waals surface area contributed by atoms with Gasteiger partial charge in [-0.15, -0.1) is 0 Å². The molecule has 0 aromatic carbocycles. The number of hydrogen-bond acceptors (Lipinski definition) is 1. The molecule has 0 amide bonds. The van der Waals surface area contributed by atoms with Crippen molar-refractivity contribution < 1.29 is 12.9 Å². The second-order valence-electron chi connectivity index (χ2n) is 1.39. The van der Waals surface area contributed by atoms with Crippen molar-refractivity contribution in [3.05, 3.63) is 0 Å². The molecule has 0 aromatic rings. The first-order valence-electron chi connectivity index (χ1n) is 2.52. The van der Waals surface area contributed by atoms with Crippen molar-refractivity contribution in [3.63, 3.8) is 0 Å². The van der Waals surface area contributed by atoms with Crippen LogP contribution in [0.3, 0.4) is 0 Å². The summed E-state index contributed by atoms with van der Waals surface area (Å²) in [6.07, 6.45) is 1.63. The van der Waals surface area contributed by atoms with Gasteiger partial charge in [0, 0.05) is 0 Å². The third-order valence-electron chi connectivity index (χ3n) is 0.687. The molecule has 0 aliphatic rings. The Labute approximate surface area is 49.1 Å². The van der Waals surface area contributed by atoms with E-state index in [0.717, 1.165) is 12.8 Å². The lowest BCUT2D eigenvalue weighted by atomic mass is 10.4. The number of unbranched alkanes of at least 4 members (excludes halogenated alkanes) is 1. The molecule has 0 atom stereocenters. The zero-order chi connectivity index (χ0) is 6.41. The number of hydrogen-bond donors (Lipinski definition) is 0. The summed E-state index contributed by atoms with van der Waals surface area (Å²) in [6.45, 7) is 2.14. The van der Waals surface area contributed by atoms with E-state index in [9.17, 15) is 8.39 Å². The standard InChI is InChI=1S/C4H9F2OP/c1-2-3-4-7-8(5)6/h2-4H2,1H3. The van der Waals surface area contributed by atoms with E-state index in [-0.39, 0.29) is 6.61 Å². The Morgan fingerprint density at radius 2 is 2.12 bits per heavy atom. The van der Waals surface area contributed by atoms with Gasteiger partial charge in [-0.25, -0.2) is 0 Å². The predicted molar refractivity (Wildman–Crippen MR) is 30.0 cm³/mol. The largest absolute Gasteiger partial charge is 0.415 e. The Morgan fingerprint density at radius 3 is 2.50 bits per heavy atom. The molecular weight excluding hydrogens is 133 g/mol. The average Bonchev–Trinajstić information content (AvgIpc) is 1.66. The Kier molecular flexibility index (Phi) is 5.56. The van der Waals surface area contributed by atoms with Gasteiger partial charge >= 0.3 is 8.77 Å². The second kappa shape index (κ2) is 5.39. The normalized spacial score (nSPS) is 10.5. The SMILES string of the molecule is CCCCOP(F)F. The molecule has 0 spiro atoms. The first-order chi connectivity index (χ1) is 3.77. The highest BCUT2D eigenvalue weighted by atomic mass is 31.2. The van der Waals surface area contributed by atoms with E-state index in [1.165, 1.54) is 0 Å². The van der Waals surface area contributed by atoms with Crippen LogP contribution in [0.4, 0.5) is 8.39 Å². The lowest BCUT2D eigenvalue weighted by molar-refractivity contribution is 0.301. The fourth-order valence-corrected chi connectivity index (χ4v) is 0.545. The minimum atomic E-state index is -3.11. The summed E-state index contributed by atoms with van der Waals surface area (Å²) in [5.74, 6) is 0. The molecule has 4 heteroatoms. The van der Waals surface area contributed by atoms with Crippen molar-refractivity contribution in [1.29, 1.82) is 0 Å². The van der Waals surface area contributed by atoms with Gasteiger partial charge in [-0.3, -0.25) is 0 Å². The number of rotatable bonds is 4. The maximum Gasteiger partial charge on any atom is 0.415 e. The molecule has 0 aliphatic carbocycles. The Hall–Kier alpha value is 0.250. The first kappa shape index (κ1) is 8.25.